The van der Waals surface area contributed by atoms with E-state index in [-0.39, 0.29) is 12.3 Å². The van der Waals surface area contributed by atoms with E-state index in [1.165, 1.54) is 0 Å². The number of amides is 1. The Morgan fingerprint density at radius 1 is 0.960 bits per heavy atom. The van der Waals surface area contributed by atoms with Crippen LogP contribution in [0.25, 0.3) is 0 Å². The summed E-state index contributed by atoms with van der Waals surface area (Å²) in [6.07, 6.45) is 0.189. The maximum atomic E-state index is 12.0. The minimum Gasteiger partial charge on any atom is -0.493 e. The fourth-order valence-corrected chi connectivity index (χ4v) is 2.29. The predicted octanol–water partition coefficient (Wildman–Crippen LogP) is 1.94. The van der Waals surface area contributed by atoms with Crippen LogP contribution in [-0.2, 0) is 17.8 Å². The maximum Gasteiger partial charge on any atom is 0.242 e. The molecule has 1 amide bonds. The first-order chi connectivity index (χ1) is 12.1. The fourth-order valence-electron chi connectivity index (χ4n) is 2.17. The van der Waals surface area contributed by atoms with Crippen LogP contribution in [0.4, 0.5) is 0 Å². The highest BCUT2D eigenvalue weighted by molar-refractivity contribution is 7.80. The Bertz CT molecular complexity index is 723. The summed E-state index contributed by atoms with van der Waals surface area (Å²) in [7, 11) is 3.12. The number of nitrogens with one attached hydrogen (secondary N) is 3. The molecule has 0 aliphatic carbocycles. The van der Waals surface area contributed by atoms with Crippen molar-refractivity contribution in [2.24, 2.45) is 0 Å². The first kappa shape index (κ1) is 18.5. The molecule has 0 aliphatic heterocycles. The smallest absolute Gasteiger partial charge is 0.242 e. The molecule has 2 aromatic carbocycles. The average Bonchev–Trinajstić information content (AvgIpc) is 2.65. The largest absolute Gasteiger partial charge is 0.493 e. The molecule has 0 aromatic heterocycles. The SMILES string of the molecule is COc1ccc(CC(=O)NNC(=S)NCc2ccccc2)cc1OC. The molecule has 0 aliphatic rings. The van der Waals surface area contributed by atoms with Crippen molar-refractivity contribution in [3.8, 4) is 11.5 Å². The van der Waals surface area contributed by atoms with Gasteiger partial charge in [-0.25, -0.2) is 0 Å². The molecule has 3 N–H and O–H groups in total. The number of hydrogen-bond acceptors (Lipinski definition) is 4. The van der Waals surface area contributed by atoms with Gasteiger partial charge in [0.15, 0.2) is 16.6 Å². The van der Waals surface area contributed by atoms with Gasteiger partial charge in [-0.15, -0.1) is 0 Å². The van der Waals surface area contributed by atoms with Gasteiger partial charge in [-0.1, -0.05) is 36.4 Å². The second-order valence-corrected chi connectivity index (χ2v) is 5.62. The number of benzene rings is 2. The highest BCUT2D eigenvalue weighted by Crippen LogP contribution is 2.27. The molecule has 0 fully saturated rings. The van der Waals surface area contributed by atoms with E-state index < -0.39 is 0 Å². The van der Waals surface area contributed by atoms with Crippen LogP contribution in [0.3, 0.4) is 0 Å². The van der Waals surface area contributed by atoms with E-state index in [9.17, 15) is 4.79 Å². The quantitative estimate of drug-likeness (QED) is 0.541. The normalized spacial score (nSPS) is 9.84. The van der Waals surface area contributed by atoms with E-state index in [0.29, 0.717) is 23.2 Å². The number of hydrogen-bond donors (Lipinski definition) is 3. The summed E-state index contributed by atoms with van der Waals surface area (Å²) in [5.74, 6) is 0.993. The van der Waals surface area contributed by atoms with Gasteiger partial charge < -0.3 is 14.8 Å². The highest BCUT2D eigenvalue weighted by Gasteiger charge is 2.08. The topological polar surface area (TPSA) is 71.6 Å². The van der Waals surface area contributed by atoms with Crippen LogP contribution in [0.15, 0.2) is 48.5 Å². The summed E-state index contributed by atoms with van der Waals surface area (Å²) in [5.41, 5.74) is 7.16. The Hall–Kier alpha value is -2.80. The second kappa shape index (κ2) is 9.48. The Morgan fingerprint density at radius 3 is 2.36 bits per heavy atom. The zero-order valence-electron chi connectivity index (χ0n) is 14.2. The fraction of sp³-hybridized carbons (Fsp3) is 0.222. The summed E-state index contributed by atoms with van der Waals surface area (Å²) < 4.78 is 10.4. The number of carbonyl (C=O) groups is 1. The number of methoxy groups -OCH3 is 2. The summed E-state index contributed by atoms with van der Waals surface area (Å²) >= 11 is 5.14. The van der Waals surface area contributed by atoms with Crippen LogP contribution in [0, 0.1) is 0 Å². The second-order valence-electron chi connectivity index (χ2n) is 5.21. The third kappa shape index (κ3) is 5.96. The molecule has 132 valence electrons. The van der Waals surface area contributed by atoms with Crippen LogP contribution < -0.4 is 25.6 Å². The molecule has 0 unspecified atom stereocenters. The summed E-state index contributed by atoms with van der Waals surface area (Å²) in [6, 6.07) is 15.2. The number of thiocarbonyl (C=S) groups is 1. The first-order valence-corrected chi connectivity index (χ1v) is 8.10. The minimum absolute atomic E-state index is 0.189. The van der Waals surface area contributed by atoms with E-state index in [1.807, 2.05) is 36.4 Å². The molecule has 25 heavy (non-hydrogen) atoms. The lowest BCUT2D eigenvalue weighted by Gasteiger charge is -2.12. The van der Waals surface area contributed by atoms with Gasteiger partial charge in [0.05, 0.1) is 20.6 Å². The Morgan fingerprint density at radius 2 is 1.68 bits per heavy atom. The predicted molar refractivity (Wildman–Crippen MR) is 100 cm³/mol. The van der Waals surface area contributed by atoms with Gasteiger partial charge >= 0.3 is 0 Å². The molecule has 7 heteroatoms. The van der Waals surface area contributed by atoms with Crippen molar-refractivity contribution < 1.29 is 14.3 Å². The van der Waals surface area contributed by atoms with Crippen LogP contribution in [0.2, 0.25) is 0 Å². The zero-order chi connectivity index (χ0) is 18.1. The monoisotopic (exact) mass is 359 g/mol. The lowest BCUT2D eigenvalue weighted by atomic mass is 10.1. The van der Waals surface area contributed by atoms with Crippen molar-refractivity contribution >= 4 is 23.2 Å². The molecule has 0 saturated carbocycles. The summed E-state index contributed by atoms with van der Waals surface area (Å²) in [5, 5.41) is 3.37. The van der Waals surface area contributed by atoms with E-state index in [4.69, 9.17) is 21.7 Å². The molecule has 0 radical (unpaired) electrons. The maximum absolute atomic E-state index is 12.0. The number of hydrazine groups is 1. The summed E-state index contributed by atoms with van der Waals surface area (Å²) in [6.45, 7) is 0.582. The Labute approximate surface area is 152 Å². The van der Waals surface area contributed by atoms with Crippen molar-refractivity contribution in [1.82, 2.24) is 16.2 Å². The van der Waals surface area contributed by atoms with Gasteiger partial charge in [0, 0.05) is 6.54 Å². The van der Waals surface area contributed by atoms with E-state index in [2.05, 4.69) is 16.2 Å². The van der Waals surface area contributed by atoms with Crippen molar-refractivity contribution in [1.29, 1.82) is 0 Å². The number of rotatable bonds is 6. The third-order valence-corrected chi connectivity index (χ3v) is 3.67. The van der Waals surface area contributed by atoms with E-state index >= 15 is 0 Å². The van der Waals surface area contributed by atoms with Crippen molar-refractivity contribution in [2.45, 2.75) is 13.0 Å². The molecule has 0 spiro atoms. The first-order valence-electron chi connectivity index (χ1n) is 7.70. The lowest BCUT2D eigenvalue weighted by molar-refractivity contribution is -0.121. The van der Waals surface area contributed by atoms with Crippen molar-refractivity contribution in [3.63, 3.8) is 0 Å². The number of ether oxygens (including phenoxy) is 2. The minimum atomic E-state index is -0.212. The Balaban J connectivity index is 1.77. The van der Waals surface area contributed by atoms with Gasteiger partial charge in [-0.2, -0.15) is 0 Å². The molecule has 2 aromatic rings. The molecule has 0 heterocycles. The zero-order valence-corrected chi connectivity index (χ0v) is 15.0. The van der Waals surface area contributed by atoms with Crippen LogP contribution >= 0.6 is 12.2 Å². The van der Waals surface area contributed by atoms with E-state index in [0.717, 1.165) is 11.1 Å². The van der Waals surface area contributed by atoms with Crippen LogP contribution in [0.5, 0.6) is 11.5 Å². The molecule has 0 atom stereocenters. The van der Waals surface area contributed by atoms with Crippen molar-refractivity contribution in [3.05, 3.63) is 59.7 Å². The molecule has 6 nitrogen and oxygen atoms in total. The lowest BCUT2D eigenvalue weighted by Crippen LogP contribution is -2.47. The average molecular weight is 359 g/mol. The van der Waals surface area contributed by atoms with Gasteiger partial charge in [-0.05, 0) is 35.5 Å². The van der Waals surface area contributed by atoms with Crippen LogP contribution in [0.1, 0.15) is 11.1 Å². The van der Waals surface area contributed by atoms with Gasteiger partial charge in [-0.3, -0.25) is 15.6 Å². The number of carbonyl (C=O) groups excluding carboxylic acids is 1. The molecule has 0 saturated heterocycles. The standard InChI is InChI=1S/C18H21N3O3S/c1-23-15-9-8-14(10-16(15)24-2)11-17(22)20-21-18(25)19-12-13-6-4-3-5-7-13/h3-10H,11-12H2,1-2H3,(H,20,22)(H2,19,21,25). The molecular formula is C18H21N3O3S. The molecule has 0 bridgehead atoms. The van der Waals surface area contributed by atoms with Gasteiger partial charge in [0.25, 0.3) is 0 Å². The van der Waals surface area contributed by atoms with E-state index in [1.54, 1.807) is 26.4 Å². The highest BCUT2D eigenvalue weighted by atomic mass is 32.1. The van der Waals surface area contributed by atoms with Gasteiger partial charge in [0.2, 0.25) is 5.91 Å². The summed E-state index contributed by atoms with van der Waals surface area (Å²) in [4.78, 5) is 12.0. The molecule has 2 rings (SSSR count). The van der Waals surface area contributed by atoms with Crippen molar-refractivity contribution in [2.75, 3.05) is 14.2 Å². The van der Waals surface area contributed by atoms with Gasteiger partial charge in [0.1, 0.15) is 0 Å². The third-order valence-electron chi connectivity index (χ3n) is 3.42. The Kier molecular flexibility index (Phi) is 7.03. The molecular weight excluding hydrogens is 338 g/mol. The van der Waals surface area contributed by atoms with Crippen LogP contribution in [-0.4, -0.2) is 25.2 Å².